The standard InChI is InChI=1S/C12H15ClN4O.ClH/c1-17(7-9-3-2-4-10(13)5-9)8-11-15-12(6-14)18-16-11;/h2-5H,6-8,14H2,1H3;1H. The molecule has 0 aliphatic rings. The van der Waals surface area contributed by atoms with E-state index in [1.165, 1.54) is 0 Å². The van der Waals surface area contributed by atoms with Gasteiger partial charge >= 0.3 is 0 Å². The molecular formula is C12H16Cl2N4O. The molecule has 0 saturated carbocycles. The van der Waals surface area contributed by atoms with E-state index < -0.39 is 0 Å². The number of hydrogen-bond donors (Lipinski definition) is 1. The van der Waals surface area contributed by atoms with Gasteiger partial charge in [0, 0.05) is 11.6 Å². The molecule has 1 heterocycles. The summed E-state index contributed by atoms with van der Waals surface area (Å²) < 4.78 is 4.95. The fourth-order valence-electron chi connectivity index (χ4n) is 1.68. The zero-order chi connectivity index (χ0) is 13.0. The first kappa shape index (κ1) is 15.9. The van der Waals surface area contributed by atoms with E-state index >= 15 is 0 Å². The summed E-state index contributed by atoms with van der Waals surface area (Å²) >= 11 is 5.94. The molecule has 19 heavy (non-hydrogen) atoms. The smallest absolute Gasteiger partial charge is 0.240 e. The lowest BCUT2D eigenvalue weighted by Gasteiger charge is -2.14. The zero-order valence-electron chi connectivity index (χ0n) is 10.5. The Morgan fingerprint density at radius 3 is 2.79 bits per heavy atom. The molecule has 7 heteroatoms. The number of halogens is 2. The maximum absolute atomic E-state index is 5.94. The SMILES string of the molecule is CN(Cc1cccc(Cl)c1)Cc1noc(CN)n1.Cl. The topological polar surface area (TPSA) is 68.2 Å². The Hall–Kier alpha value is -1.14. The van der Waals surface area contributed by atoms with E-state index in [-0.39, 0.29) is 19.0 Å². The second-order valence-corrected chi connectivity index (χ2v) is 4.55. The van der Waals surface area contributed by atoms with Gasteiger partial charge in [0.25, 0.3) is 0 Å². The molecule has 0 spiro atoms. The minimum atomic E-state index is 0. The van der Waals surface area contributed by atoms with Crippen LogP contribution in [0.4, 0.5) is 0 Å². The number of nitrogens with zero attached hydrogens (tertiary/aromatic N) is 3. The van der Waals surface area contributed by atoms with Crippen LogP contribution in [0.5, 0.6) is 0 Å². The van der Waals surface area contributed by atoms with E-state index in [2.05, 4.69) is 15.0 Å². The van der Waals surface area contributed by atoms with E-state index in [0.29, 0.717) is 18.3 Å². The normalized spacial score (nSPS) is 10.5. The van der Waals surface area contributed by atoms with E-state index in [1.807, 2.05) is 31.3 Å². The van der Waals surface area contributed by atoms with Crippen LogP contribution in [-0.2, 0) is 19.6 Å². The lowest BCUT2D eigenvalue weighted by atomic mass is 10.2. The summed E-state index contributed by atoms with van der Waals surface area (Å²) in [5, 5.41) is 4.59. The van der Waals surface area contributed by atoms with E-state index in [0.717, 1.165) is 17.1 Å². The summed E-state index contributed by atoms with van der Waals surface area (Å²) in [4.78, 5) is 6.24. The third-order valence-corrected chi connectivity index (χ3v) is 2.67. The summed E-state index contributed by atoms with van der Waals surface area (Å²) in [6.07, 6.45) is 0. The molecule has 5 nitrogen and oxygen atoms in total. The maximum Gasteiger partial charge on any atom is 0.240 e. The first-order chi connectivity index (χ1) is 8.67. The fourth-order valence-corrected chi connectivity index (χ4v) is 1.89. The van der Waals surface area contributed by atoms with E-state index in [4.69, 9.17) is 21.9 Å². The second kappa shape index (κ2) is 7.45. The summed E-state index contributed by atoms with van der Waals surface area (Å²) in [5.41, 5.74) is 6.56. The molecule has 104 valence electrons. The number of hydrogen-bond acceptors (Lipinski definition) is 5. The van der Waals surface area contributed by atoms with Crippen molar-refractivity contribution in [2.45, 2.75) is 19.6 Å². The second-order valence-electron chi connectivity index (χ2n) is 4.11. The Labute approximate surface area is 123 Å². The Kier molecular flexibility index (Phi) is 6.24. The van der Waals surface area contributed by atoms with Gasteiger partial charge in [0.05, 0.1) is 13.1 Å². The highest BCUT2D eigenvalue weighted by molar-refractivity contribution is 6.30. The Morgan fingerprint density at radius 2 is 2.16 bits per heavy atom. The van der Waals surface area contributed by atoms with Crippen molar-refractivity contribution in [3.05, 3.63) is 46.6 Å². The molecule has 0 radical (unpaired) electrons. The highest BCUT2D eigenvalue weighted by atomic mass is 35.5. The van der Waals surface area contributed by atoms with E-state index in [9.17, 15) is 0 Å². The lowest BCUT2D eigenvalue weighted by molar-refractivity contribution is 0.300. The number of nitrogens with two attached hydrogens (primary N) is 1. The quantitative estimate of drug-likeness (QED) is 0.917. The molecule has 2 aromatic rings. The van der Waals surface area contributed by atoms with E-state index in [1.54, 1.807) is 0 Å². The van der Waals surface area contributed by atoms with Crippen LogP contribution in [0.3, 0.4) is 0 Å². The van der Waals surface area contributed by atoms with Crippen molar-refractivity contribution < 1.29 is 4.52 Å². The fraction of sp³-hybridized carbons (Fsp3) is 0.333. The molecule has 0 fully saturated rings. The zero-order valence-corrected chi connectivity index (χ0v) is 12.1. The van der Waals surface area contributed by atoms with Gasteiger partial charge in [-0.05, 0) is 24.7 Å². The van der Waals surface area contributed by atoms with Crippen molar-refractivity contribution in [3.63, 3.8) is 0 Å². The van der Waals surface area contributed by atoms with Gasteiger partial charge in [-0.3, -0.25) is 4.90 Å². The van der Waals surface area contributed by atoms with Crippen molar-refractivity contribution in [3.8, 4) is 0 Å². The number of rotatable bonds is 5. The van der Waals surface area contributed by atoms with Gasteiger partial charge < -0.3 is 10.3 Å². The predicted molar refractivity (Wildman–Crippen MR) is 76.1 cm³/mol. The molecule has 2 N–H and O–H groups in total. The van der Waals surface area contributed by atoms with Crippen molar-refractivity contribution >= 4 is 24.0 Å². The first-order valence-corrected chi connectivity index (χ1v) is 5.99. The van der Waals surface area contributed by atoms with Crippen molar-refractivity contribution in [1.82, 2.24) is 15.0 Å². The van der Waals surface area contributed by atoms with Crippen molar-refractivity contribution in [2.75, 3.05) is 7.05 Å². The molecule has 1 aromatic heterocycles. The molecule has 0 saturated heterocycles. The van der Waals surface area contributed by atoms with Crippen LogP contribution in [0.2, 0.25) is 5.02 Å². The highest BCUT2D eigenvalue weighted by Gasteiger charge is 2.08. The molecule has 2 rings (SSSR count). The first-order valence-electron chi connectivity index (χ1n) is 5.62. The molecular weight excluding hydrogens is 287 g/mol. The molecule has 1 aromatic carbocycles. The van der Waals surface area contributed by atoms with Gasteiger partial charge in [-0.25, -0.2) is 0 Å². The Bertz CT molecular complexity index is 518. The van der Waals surface area contributed by atoms with Crippen LogP contribution < -0.4 is 5.73 Å². The van der Waals surface area contributed by atoms with Crippen LogP contribution in [0.15, 0.2) is 28.8 Å². The average Bonchev–Trinajstić information content (AvgIpc) is 2.76. The van der Waals surface area contributed by atoms with Gasteiger partial charge in [-0.2, -0.15) is 4.98 Å². The Morgan fingerprint density at radius 1 is 1.37 bits per heavy atom. The molecule has 0 aliphatic carbocycles. The third-order valence-electron chi connectivity index (χ3n) is 2.44. The van der Waals surface area contributed by atoms with Crippen molar-refractivity contribution in [1.29, 1.82) is 0 Å². The average molecular weight is 303 g/mol. The van der Waals surface area contributed by atoms with Gasteiger partial charge in [-0.1, -0.05) is 28.9 Å². The van der Waals surface area contributed by atoms with Crippen LogP contribution in [-0.4, -0.2) is 22.1 Å². The molecule has 0 amide bonds. The van der Waals surface area contributed by atoms with Gasteiger partial charge in [0.1, 0.15) is 0 Å². The molecule has 0 aliphatic heterocycles. The minimum absolute atomic E-state index is 0. The Balaban J connectivity index is 0.00000180. The monoisotopic (exact) mass is 302 g/mol. The minimum Gasteiger partial charge on any atom is -0.338 e. The highest BCUT2D eigenvalue weighted by Crippen LogP contribution is 2.12. The molecule has 0 bridgehead atoms. The lowest BCUT2D eigenvalue weighted by Crippen LogP contribution is -2.18. The van der Waals surface area contributed by atoms with Gasteiger partial charge in [0.15, 0.2) is 5.82 Å². The molecule has 0 unspecified atom stereocenters. The van der Waals surface area contributed by atoms with Gasteiger partial charge in [0.2, 0.25) is 5.89 Å². The third kappa shape index (κ3) is 4.80. The number of aromatic nitrogens is 2. The van der Waals surface area contributed by atoms with Gasteiger partial charge in [-0.15, -0.1) is 12.4 Å². The number of benzene rings is 1. The van der Waals surface area contributed by atoms with Crippen LogP contribution in [0, 0.1) is 0 Å². The van der Waals surface area contributed by atoms with Crippen LogP contribution in [0.25, 0.3) is 0 Å². The predicted octanol–water partition coefficient (Wildman–Crippen LogP) is 2.24. The van der Waals surface area contributed by atoms with Crippen LogP contribution >= 0.6 is 24.0 Å². The largest absolute Gasteiger partial charge is 0.338 e. The summed E-state index contributed by atoms with van der Waals surface area (Å²) in [6, 6.07) is 7.77. The van der Waals surface area contributed by atoms with Crippen molar-refractivity contribution in [2.24, 2.45) is 5.73 Å². The maximum atomic E-state index is 5.94. The molecule has 0 atom stereocenters. The summed E-state index contributed by atoms with van der Waals surface area (Å²) in [7, 11) is 1.99. The van der Waals surface area contributed by atoms with Crippen LogP contribution in [0.1, 0.15) is 17.3 Å². The summed E-state index contributed by atoms with van der Waals surface area (Å²) in [6.45, 7) is 1.65. The summed E-state index contributed by atoms with van der Waals surface area (Å²) in [5.74, 6) is 1.10.